The van der Waals surface area contributed by atoms with Crippen molar-refractivity contribution in [2.45, 2.75) is 57.7 Å². The van der Waals surface area contributed by atoms with Crippen molar-refractivity contribution in [3.63, 3.8) is 0 Å². The summed E-state index contributed by atoms with van der Waals surface area (Å²) in [6, 6.07) is 2.43. The number of amides is 2. The van der Waals surface area contributed by atoms with E-state index in [1.54, 1.807) is 18.3 Å². The van der Waals surface area contributed by atoms with Gasteiger partial charge in [0.25, 0.3) is 5.91 Å². The molecule has 1 aromatic heterocycles. The minimum Gasteiger partial charge on any atom is -0.368 e. The summed E-state index contributed by atoms with van der Waals surface area (Å²) >= 11 is 1.67. The molecule has 2 amide bonds. The van der Waals surface area contributed by atoms with E-state index in [0.29, 0.717) is 19.2 Å². The van der Waals surface area contributed by atoms with Crippen molar-refractivity contribution in [3.05, 3.63) is 22.4 Å². The maximum atomic E-state index is 12.5. The molecule has 136 valence electrons. The molecular weight excluding hydrogens is 336 g/mol. The minimum atomic E-state index is -0.212. The van der Waals surface area contributed by atoms with Crippen LogP contribution in [0.2, 0.25) is 0 Å². The lowest BCUT2D eigenvalue weighted by molar-refractivity contribution is -0.143. The van der Waals surface area contributed by atoms with E-state index < -0.39 is 0 Å². The summed E-state index contributed by atoms with van der Waals surface area (Å²) in [4.78, 5) is 28.7. The summed E-state index contributed by atoms with van der Waals surface area (Å²) in [5.74, 6) is 0.331. The highest BCUT2D eigenvalue weighted by Gasteiger charge is 2.58. The average molecular weight is 362 g/mol. The third kappa shape index (κ3) is 3.34. The van der Waals surface area contributed by atoms with E-state index in [4.69, 9.17) is 4.74 Å². The number of hydrogen-bond acceptors (Lipinski definition) is 4. The van der Waals surface area contributed by atoms with Gasteiger partial charge in [0.05, 0.1) is 0 Å². The monoisotopic (exact) mass is 362 g/mol. The van der Waals surface area contributed by atoms with Crippen LogP contribution in [0.3, 0.4) is 0 Å². The number of rotatable bonds is 4. The maximum Gasteiger partial charge on any atom is 0.251 e. The van der Waals surface area contributed by atoms with Gasteiger partial charge in [-0.05, 0) is 59.9 Å². The molecular formula is C19H26N2O3S. The van der Waals surface area contributed by atoms with Gasteiger partial charge < -0.3 is 14.5 Å². The first kappa shape index (κ1) is 17.0. The van der Waals surface area contributed by atoms with Crippen LogP contribution in [0.5, 0.6) is 0 Å². The molecule has 0 aromatic carbocycles. The third-order valence-electron chi connectivity index (χ3n) is 6.14. The quantitative estimate of drug-likeness (QED) is 0.827. The fourth-order valence-electron chi connectivity index (χ4n) is 4.47. The topological polar surface area (TPSA) is 49.9 Å². The average Bonchev–Trinajstić information content (AvgIpc) is 3.07. The lowest BCUT2D eigenvalue weighted by Crippen LogP contribution is -2.46. The third-order valence-corrected chi connectivity index (χ3v) is 6.87. The van der Waals surface area contributed by atoms with Crippen molar-refractivity contribution in [1.82, 2.24) is 9.80 Å². The van der Waals surface area contributed by atoms with Crippen molar-refractivity contribution in [1.29, 1.82) is 0 Å². The van der Waals surface area contributed by atoms with Gasteiger partial charge in [-0.3, -0.25) is 9.59 Å². The molecule has 1 saturated carbocycles. The van der Waals surface area contributed by atoms with Crippen LogP contribution < -0.4 is 0 Å². The molecule has 1 spiro atoms. The number of ether oxygens (including phenoxy) is 1. The van der Waals surface area contributed by atoms with Gasteiger partial charge >= 0.3 is 0 Å². The van der Waals surface area contributed by atoms with Gasteiger partial charge in [0.2, 0.25) is 5.91 Å². The van der Waals surface area contributed by atoms with Crippen LogP contribution in [0.1, 0.15) is 44.6 Å². The van der Waals surface area contributed by atoms with E-state index in [1.165, 1.54) is 5.56 Å². The molecule has 2 saturated heterocycles. The molecule has 1 aliphatic carbocycles. The summed E-state index contributed by atoms with van der Waals surface area (Å²) in [5, 5.41) is 4.18. The zero-order valence-corrected chi connectivity index (χ0v) is 15.6. The van der Waals surface area contributed by atoms with Gasteiger partial charge in [-0.1, -0.05) is 0 Å². The van der Waals surface area contributed by atoms with Crippen molar-refractivity contribution in [2.75, 3.05) is 19.7 Å². The fraction of sp³-hybridized carbons (Fsp3) is 0.684. The molecule has 0 unspecified atom stereocenters. The summed E-state index contributed by atoms with van der Waals surface area (Å²) in [7, 11) is 0. The number of likely N-dealkylation sites (tertiary alicyclic amines) is 1. The molecule has 4 rings (SSSR count). The lowest BCUT2D eigenvalue weighted by atomic mass is 9.91. The zero-order chi connectivity index (χ0) is 17.4. The SMILES string of the molecule is CC(=O)N(Cc1ccsc1)[C@H]1CC12CCN(C(=O)[C@H]1CCCO1)CC2. The highest BCUT2D eigenvalue weighted by molar-refractivity contribution is 7.07. The highest BCUT2D eigenvalue weighted by Crippen LogP contribution is 2.57. The van der Waals surface area contributed by atoms with Gasteiger partial charge in [0.15, 0.2) is 0 Å². The van der Waals surface area contributed by atoms with Crippen LogP contribution >= 0.6 is 11.3 Å². The molecule has 0 radical (unpaired) electrons. The Bertz CT molecular complexity index is 631. The summed E-state index contributed by atoms with van der Waals surface area (Å²) < 4.78 is 5.54. The summed E-state index contributed by atoms with van der Waals surface area (Å²) in [6.45, 7) is 4.71. The fourth-order valence-corrected chi connectivity index (χ4v) is 5.13. The Hall–Kier alpha value is -1.40. The van der Waals surface area contributed by atoms with Crippen LogP contribution in [0.4, 0.5) is 0 Å². The Morgan fingerprint density at radius 1 is 1.40 bits per heavy atom. The Morgan fingerprint density at radius 2 is 2.20 bits per heavy atom. The molecule has 2 atom stereocenters. The second-order valence-electron chi connectivity index (χ2n) is 7.69. The minimum absolute atomic E-state index is 0.158. The van der Waals surface area contributed by atoms with Gasteiger partial charge in [0, 0.05) is 39.2 Å². The number of nitrogens with zero attached hydrogens (tertiary/aromatic N) is 2. The smallest absolute Gasteiger partial charge is 0.251 e. The molecule has 2 aliphatic heterocycles. The van der Waals surface area contributed by atoms with Gasteiger partial charge in [-0.15, -0.1) is 0 Å². The molecule has 3 aliphatic rings. The number of hydrogen-bond donors (Lipinski definition) is 0. The molecule has 1 aromatic rings. The van der Waals surface area contributed by atoms with E-state index in [9.17, 15) is 9.59 Å². The van der Waals surface area contributed by atoms with Crippen LogP contribution in [-0.4, -0.2) is 53.5 Å². The number of carbonyl (C=O) groups excluding carboxylic acids is 2. The molecule has 3 heterocycles. The van der Waals surface area contributed by atoms with Gasteiger partial charge in [0.1, 0.15) is 6.10 Å². The van der Waals surface area contributed by atoms with Crippen molar-refractivity contribution in [3.8, 4) is 0 Å². The van der Waals surface area contributed by atoms with Crippen LogP contribution in [-0.2, 0) is 20.9 Å². The number of carbonyl (C=O) groups is 2. The van der Waals surface area contributed by atoms with Crippen LogP contribution in [0.25, 0.3) is 0 Å². The standard InChI is InChI=1S/C19H26N2O3S/c1-14(22)21(12-15-4-10-25-13-15)17-11-19(17)5-7-20(8-6-19)18(23)16-3-2-9-24-16/h4,10,13,16-17H,2-3,5-9,11-12H2,1H3/t16-,17+/m1/s1. The normalized spacial score (nSPS) is 27.5. The Labute approximate surface area is 152 Å². The molecule has 3 fully saturated rings. The van der Waals surface area contributed by atoms with Crippen molar-refractivity contribution in [2.24, 2.45) is 5.41 Å². The zero-order valence-electron chi connectivity index (χ0n) is 14.8. The van der Waals surface area contributed by atoms with E-state index in [-0.39, 0.29) is 23.3 Å². The van der Waals surface area contributed by atoms with E-state index >= 15 is 0 Å². The van der Waals surface area contributed by atoms with Crippen molar-refractivity contribution >= 4 is 23.2 Å². The second kappa shape index (κ2) is 6.72. The van der Waals surface area contributed by atoms with Crippen molar-refractivity contribution < 1.29 is 14.3 Å². The molecule has 25 heavy (non-hydrogen) atoms. The van der Waals surface area contributed by atoms with E-state index in [2.05, 4.69) is 16.8 Å². The van der Waals surface area contributed by atoms with Gasteiger partial charge in [-0.2, -0.15) is 11.3 Å². The molecule has 0 bridgehead atoms. The highest BCUT2D eigenvalue weighted by atomic mass is 32.1. The van der Waals surface area contributed by atoms with Gasteiger partial charge in [-0.25, -0.2) is 0 Å². The number of thiophene rings is 1. The molecule has 0 N–H and O–H groups in total. The number of piperidine rings is 1. The predicted molar refractivity (Wildman–Crippen MR) is 96.2 cm³/mol. The predicted octanol–water partition coefficient (Wildman–Crippen LogP) is 2.66. The molecule has 6 heteroatoms. The first-order valence-electron chi connectivity index (χ1n) is 9.28. The first-order valence-corrected chi connectivity index (χ1v) is 10.2. The second-order valence-corrected chi connectivity index (χ2v) is 8.47. The Kier molecular flexibility index (Phi) is 4.58. The lowest BCUT2D eigenvalue weighted by Gasteiger charge is -2.35. The Morgan fingerprint density at radius 3 is 2.80 bits per heavy atom. The van der Waals surface area contributed by atoms with E-state index in [1.807, 2.05) is 9.80 Å². The summed E-state index contributed by atoms with van der Waals surface area (Å²) in [5.41, 5.74) is 1.45. The summed E-state index contributed by atoms with van der Waals surface area (Å²) in [6.07, 6.45) is 4.73. The largest absolute Gasteiger partial charge is 0.368 e. The first-order chi connectivity index (χ1) is 12.1. The van der Waals surface area contributed by atoms with Crippen LogP contribution in [0, 0.1) is 5.41 Å². The molecule has 5 nitrogen and oxygen atoms in total. The maximum absolute atomic E-state index is 12.5. The van der Waals surface area contributed by atoms with E-state index in [0.717, 1.165) is 45.2 Å². The van der Waals surface area contributed by atoms with Crippen LogP contribution in [0.15, 0.2) is 16.8 Å². The Balaban J connectivity index is 1.35.